The van der Waals surface area contributed by atoms with Crippen molar-refractivity contribution in [3.63, 3.8) is 0 Å². The van der Waals surface area contributed by atoms with Gasteiger partial charge in [0.2, 0.25) is 5.91 Å². The van der Waals surface area contributed by atoms with Gasteiger partial charge >= 0.3 is 0 Å². The summed E-state index contributed by atoms with van der Waals surface area (Å²) in [6.45, 7) is 9.07. The van der Waals surface area contributed by atoms with Crippen molar-refractivity contribution < 1.29 is 4.79 Å². The Morgan fingerprint density at radius 2 is 2.00 bits per heavy atom. The fourth-order valence-corrected chi connectivity index (χ4v) is 6.38. The Hall–Kier alpha value is -0.530. The Balaban J connectivity index is 1.88. The van der Waals surface area contributed by atoms with Gasteiger partial charge in [-0.1, -0.05) is 13.3 Å². The summed E-state index contributed by atoms with van der Waals surface area (Å²) in [6.07, 6.45) is 5.14. The molecule has 1 heterocycles. The highest BCUT2D eigenvalue weighted by Crippen LogP contribution is 2.73. The Bertz CT molecular complexity index is 423. The van der Waals surface area contributed by atoms with E-state index in [0.29, 0.717) is 17.9 Å². The van der Waals surface area contributed by atoms with Gasteiger partial charge in [0.25, 0.3) is 0 Å². The summed E-state index contributed by atoms with van der Waals surface area (Å²) >= 11 is 0. The number of nitrogens with zero attached hydrogens (tertiary/aromatic N) is 1. The molecule has 0 aromatic rings. The summed E-state index contributed by atoms with van der Waals surface area (Å²) in [5, 5.41) is 0. The largest absolute Gasteiger partial charge is 0.334 e. The normalized spacial score (nSPS) is 53.4. The van der Waals surface area contributed by atoms with Gasteiger partial charge in [-0.2, -0.15) is 0 Å². The first-order chi connectivity index (χ1) is 8.39. The molecule has 6 unspecified atom stereocenters. The molecule has 2 nitrogen and oxygen atoms in total. The van der Waals surface area contributed by atoms with Crippen molar-refractivity contribution in [2.45, 2.75) is 65.0 Å². The van der Waals surface area contributed by atoms with Crippen LogP contribution in [-0.2, 0) is 4.79 Å². The van der Waals surface area contributed by atoms with E-state index in [0.717, 1.165) is 17.8 Å². The molecule has 1 aliphatic heterocycles. The molecule has 0 radical (unpaired) electrons. The lowest BCUT2D eigenvalue weighted by Crippen LogP contribution is -2.49. The summed E-state index contributed by atoms with van der Waals surface area (Å²) in [6, 6.07) is 0.553. The van der Waals surface area contributed by atoms with E-state index in [1.54, 1.807) is 0 Å². The second-order valence-corrected chi connectivity index (χ2v) is 8.24. The summed E-state index contributed by atoms with van der Waals surface area (Å²) in [7, 11) is 0. The van der Waals surface area contributed by atoms with Gasteiger partial charge in [0.05, 0.1) is 5.41 Å². The standard InChI is InChI=1S/C16H25NO/c1-9-10-8-12-13(9)17(15(2,3)4)14(18)16(12)7-5-6-11(10)16/h9-13H,5-8H2,1-4H3. The Morgan fingerprint density at radius 3 is 2.67 bits per heavy atom. The van der Waals surface area contributed by atoms with Crippen LogP contribution in [0.5, 0.6) is 0 Å². The van der Waals surface area contributed by atoms with E-state index < -0.39 is 0 Å². The molecule has 1 spiro atoms. The molecule has 1 saturated heterocycles. The molecule has 3 aliphatic carbocycles. The summed E-state index contributed by atoms with van der Waals surface area (Å²) in [5.41, 5.74) is 0.0965. The predicted octanol–water partition coefficient (Wildman–Crippen LogP) is 3.07. The van der Waals surface area contributed by atoms with Crippen molar-refractivity contribution in [3.8, 4) is 0 Å². The average molecular weight is 247 g/mol. The third-order valence-corrected chi connectivity index (χ3v) is 6.74. The van der Waals surface area contributed by atoms with E-state index in [2.05, 4.69) is 32.6 Å². The highest BCUT2D eigenvalue weighted by molar-refractivity contribution is 5.89. The molecule has 2 heteroatoms. The van der Waals surface area contributed by atoms with E-state index in [4.69, 9.17) is 0 Å². The third kappa shape index (κ3) is 0.947. The smallest absolute Gasteiger partial charge is 0.230 e. The number of hydrogen-bond donors (Lipinski definition) is 0. The number of rotatable bonds is 0. The minimum atomic E-state index is 0.00410. The molecule has 6 atom stereocenters. The third-order valence-electron chi connectivity index (χ3n) is 6.74. The summed E-state index contributed by atoms with van der Waals surface area (Å²) < 4.78 is 0. The van der Waals surface area contributed by atoms with Gasteiger partial charge in [-0.05, 0) is 63.7 Å². The van der Waals surface area contributed by atoms with Crippen LogP contribution < -0.4 is 0 Å². The highest BCUT2D eigenvalue weighted by Gasteiger charge is 2.75. The summed E-state index contributed by atoms with van der Waals surface area (Å²) in [5.74, 6) is 3.53. The molecule has 3 saturated carbocycles. The zero-order valence-electron chi connectivity index (χ0n) is 12.1. The fraction of sp³-hybridized carbons (Fsp3) is 0.938. The maximum Gasteiger partial charge on any atom is 0.230 e. The minimum absolute atomic E-state index is 0.00410. The van der Waals surface area contributed by atoms with Crippen LogP contribution in [0.15, 0.2) is 0 Å². The van der Waals surface area contributed by atoms with Crippen molar-refractivity contribution in [1.82, 2.24) is 4.90 Å². The second-order valence-electron chi connectivity index (χ2n) is 8.24. The molecule has 1 amide bonds. The number of fused-ring (bicyclic) bond motifs is 2. The molecule has 4 fully saturated rings. The Labute approximate surface area is 110 Å². The van der Waals surface area contributed by atoms with Crippen molar-refractivity contribution in [3.05, 3.63) is 0 Å². The number of likely N-dealkylation sites (tertiary alicyclic amines) is 1. The summed E-state index contributed by atoms with van der Waals surface area (Å²) in [4.78, 5) is 15.4. The quantitative estimate of drug-likeness (QED) is 0.644. The van der Waals surface area contributed by atoms with Crippen molar-refractivity contribution in [1.29, 1.82) is 0 Å². The highest BCUT2D eigenvalue weighted by atomic mass is 16.2. The van der Waals surface area contributed by atoms with Crippen molar-refractivity contribution in [2.75, 3.05) is 0 Å². The van der Waals surface area contributed by atoms with E-state index in [1.807, 2.05) is 0 Å². The van der Waals surface area contributed by atoms with Gasteiger partial charge in [-0.25, -0.2) is 0 Å². The molecule has 18 heavy (non-hydrogen) atoms. The first-order valence-corrected chi connectivity index (χ1v) is 7.73. The molecule has 2 bridgehead atoms. The number of amides is 1. The first-order valence-electron chi connectivity index (χ1n) is 7.73. The van der Waals surface area contributed by atoms with Crippen LogP contribution in [0.4, 0.5) is 0 Å². The van der Waals surface area contributed by atoms with Gasteiger partial charge in [-0.3, -0.25) is 4.79 Å². The maximum absolute atomic E-state index is 13.1. The molecule has 0 aromatic heterocycles. The lowest BCUT2D eigenvalue weighted by Gasteiger charge is -2.40. The zero-order valence-corrected chi connectivity index (χ0v) is 12.1. The molecular weight excluding hydrogens is 222 g/mol. The van der Waals surface area contributed by atoms with E-state index in [1.165, 1.54) is 25.7 Å². The molecule has 4 rings (SSSR count). The van der Waals surface area contributed by atoms with Crippen LogP contribution in [0.1, 0.15) is 53.4 Å². The van der Waals surface area contributed by atoms with Gasteiger partial charge in [0, 0.05) is 11.6 Å². The average Bonchev–Trinajstić information content (AvgIpc) is 2.89. The number of hydrogen-bond acceptors (Lipinski definition) is 1. The Morgan fingerprint density at radius 1 is 1.28 bits per heavy atom. The Kier molecular flexibility index (Phi) is 1.86. The molecular formula is C16H25NO. The van der Waals surface area contributed by atoms with Crippen LogP contribution in [0, 0.1) is 29.1 Å². The van der Waals surface area contributed by atoms with Crippen LogP contribution in [0.2, 0.25) is 0 Å². The topological polar surface area (TPSA) is 20.3 Å². The monoisotopic (exact) mass is 247 g/mol. The second kappa shape index (κ2) is 2.96. The molecule has 4 aliphatic rings. The van der Waals surface area contributed by atoms with Gasteiger partial charge < -0.3 is 4.90 Å². The molecule has 100 valence electrons. The van der Waals surface area contributed by atoms with E-state index in [-0.39, 0.29) is 11.0 Å². The van der Waals surface area contributed by atoms with Crippen LogP contribution in [-0.4, -0.2) is 22.4 Å². The maximum atomic E-state index is 13.1. The first kappa shape index (κ1) is 11.3. The van der Waals surface area contributed by atoms with Gasteiger partial charge in [-0.15, -0.1) is 0 Å². The SMILES string of the molecule is CC1C2CC3C1N(C(C)(C)C)C(=O)C31CCCC21. The van der Waals surface area contributed by atoms with Crippen LogP contribution in [0.25, 0.3) is 0 Å². The van der Waals surface area contributed by atoms with Crippen LogP contribution >= 0.6 is 0 Å². The van der Waals surface area contributed by atoms with E-state index in [9.17, 15) is 4.79 Å². The lowest BCUT2D eigenvalue weighted by molar-refractivity contribution is -0.141. The molecule has 0 aromatic carbocycles. The van der Waals surface area contributed by atoms with Gasteiger partial charge in [0.1, 0.15) is 0 Å². The predicted molar refractivity (Wildman–Crippen MR) is 70.9 cm³/mol. The van der Waals surface area contributed by atoms with Gasteiger partial charge in [0.15, 0.2) is 0 Å². The van der Waals surface area contributed by atoms with Crippen molar-refractivity contribution >= 4 is 5.91 Å². The number of carbonyl (C=O) groups excluding carboxylic acids is 1. The number of carbonyl (C=O) groups is 1. The van der Waals surface area contributed by atoms with Crippen molar-refractivity contribution in [2.24, 2.45) is 29.1 Å². The van der Waals surface area contributed by atoms with E-state index >= 15 is 0 Å². The fourth-order valence-electron chi connectivity index (χ4n) is 6.38. The zero-order chi connectivity index (χ0) is 12.9. The minimum Gasteiger partial charge on any atom is -0.334 e. The molecule has 0 N–H and O–H groups in total. The lowest BCUT2D eigenvalue weighted by atomic mass is 9.66. The van der Waals surface area contributed by atoms with Crippen LogP contribution in [0.3, 0.4) is 0 Å².